The zero-order chi connectivity index (χ0) is 17.9. The van der Waals surface area contributed by atoms with Crippen LogP contribution in [0, 0.1) is 0 Å². The van der Waals surface area contributed by atoms with E-state index in [4.69, 9.17) is 0 Å². The van der Waals surface area contributed by atoms with Crippen LogP contribution < -0.4 is 10.6 Å². The number of nitrogens with one attached hydrogen (secondary N) is 2. The van der Waals surface area contributed by atoms with Gasteiger partial charge in [-0.15, -0.1) is 11.3 Å². The molecule has 0 radical (unpaired) electrons. The van der Waals surface area contributed by atoms with Gasteiger partial charge in [0.15, 0.2) is 0 Å². The lowest BCUT2D eigenvalue weighted by Crippen LogP contribution is -2.34. The maximum absolute atomic E-state index is 12.9. The number of rotatable bonds is 3. The fourth-order valence-corrected chi connectivity index (χ4v) is 4.46. The molecule has 0 saturated carbocycles. The van der Waals surface area contributed by atoms with E-state index in [1.54, 1.807) is 0 Å². The van der Waals surface area contributed by atoms with Crippen LogP contribution in [-0.4, -0.2) is 42.9 Å². The average molecular weight is 369 g/mol. The molecule has 6 heteroatoms. The molecule has 1 saturated heterocycles. The van der Waals surface area contributed by atoms with Crippen molar-refractivity contribution < 1.29 is 9.59 Å². The number of benzene rings is 1. The van der Waals surface area contributed by atoms with Gasteiger partial charge in [0.1, 0.15) is 5.00 Å². The molecule has 0 bridgehead atoms. The van der Waals surface area contributed by atoms with E-state index in [9.17, 15) is 9.59 Å². The van der Waals surface area contributed by atoms with E-state index in [1.807, 2.05) is 28.5 Å². The summed E-state index contributed by atoms with van der Waals surface area (Å²) in [5, 5.41) is 8.75. The highest BCUT2D eigenvalue weighted by Crippen LogP contribution is 2.27. The monoisotopic (exact) mass is 369 g/mol. The van der Waals surface area contributed by atoms with Crippen molar-refractivity contribution in [1.82, 2.24) is 10.2 Å². The quantitative estimate of drug-likeness (QED) is 0.874. The molecule has 2 amide bonds. The standard InChI is InChI=1S/C20H23N3O2S/c24-18(16-6-5-14-3-1-4-15(14)13-16)22-19-17(7-12-26-19)20(25)23-10-2-8-21-9-11-23/h5-7,12-13,21H,1-4,8-11H2,(H,22,24). The van der Waals surface area contributed by atoms with E-state index < -0.39 is 0 Å². The normalized spacial score (nSPS) is 16.8. The Morgan fingerprint density at radius 2 is 1.92 bits per heavy atom. The highest BCUT2D eigenvalue weighted by atomic mass is 32.1. The Balaban J connectivity index is 1.49. The summed E-state index contributed by atoms with van der Waals surface area (Å²) in [5.74, 6) is -0.145. The van der Waals surface area contributed by atoms with Crippen molar-refractivity contribution in [2.24, 2.45) is 0 Å². The zero-order valence-corrected chi connectivity index (χ0v) is 15.5. The first-order valence-corrected chi connectivity index (χ1v) is 10.1. The number of hydrogen-bond acceptors (Lipinski definition) is 4. The number of thiophene rings is 1. The number of nitrogens with zero attached hydrogens (tertiary/aromatic N) is 1. The van der Waals surface area contributed by atoms with Crippen LogP contribution in [0.15, 0.2) is 29.6 Å². The van der Waals surface area contributed by atoms with Gasteiger partial charge in [0.25, 0.3) is 11.8 Å². The fraction of sp³-hybridized carbons (Fsp3) is 0.400. The van der Waals surface area contributed by atoms with Gasteiger partial charge in [-0.2, -0.15) is 0 Å². The summed E-state index contributed by atoms with van der Waals surface area (Å²) < 4.78 is 0. The van der Waals surface area contributed by atoms with E-state index in [1.165, 1.54) is 22.5 Å². The molecule has 136 valence electrons. The van der Waals surface area contributed by atoms with Gasteiger partial charge < -0.3 is 15.5 Å². The number of hydrogen-bond donors (Lipinski definition) is 2. The second-order valence-electron chi connectivity index (χ2n) is 6.85. The molecule has 0 atom stereocenters. The van der Waals surface area contributed by atoms with Gasteiger partial charge in [-0.25, -0.2) is 0 Å². The summed E-state index contributed by atoms with van der Waals surface area (Å²) in [5.41, 5.74) is 3.88. The Morgan fingerprint density at radius 1 is 1.04 bits per heavy atom. The molecule has 5 nitrogen and oxygen atoms in total. The molecule has 0 spiro atoms. The van der Waals surface area contributed by atoms with Crippen LogP contribution in [0.25, 0.3) is 0 Å². The molecule has 1 aromatic heterocycles. The predicted octanol–water partition coefficient (Wildman–Crippen LogP) is 2.92. The van der Waals surface area contributed by atoms with Crippen LogP contribution in [0.3, 0.4) is 0 Å². The number of carbonyl (C=O) groups is 2. The second kappa shape index (κ2) is 7.60. The number of carbonyl (C=O) groups excluding carboxylic acids is 2. The smallest absolute Gasteiger partial charge is 0.256 e. The van der Waals surface area contributed by atoms with Crippen molar-refractivity contribution in [2.75, 3.05) is 31.5 Å². The largest absolute Gasteiger partial charge is 0.337 e. The molecule has 4 rings (SSSR count). The third-order valence-electron chi connectivity index (χ3n) is 5.11. The van der Waals surface area contributed by atoms with Crippen molar-refractivity contribution in [2.45, 2.75) is 25.7 Å². The average Bonchev–Trinajstić information content (AvgIpc) is 3.22. The summed E-state index contributed by atoms with van der Waals surface area (Å²) in [6.07, 6.45) is 4.26. The van der Waals surface area contributed by atoms with E-state index in [2.05, 4.69) is 16.7 Å². The summed E-state index contributed by atoms with van der Waals surface area (Å²) in [6.45, 7) is 3.20. The molecule has 1 aliphatic heterocycles. The van der Waals surface area contributed by atoms with E-state index in [0.717, 1.165) is 45.3 Å². The van der Waals surface area contributed by atoms with Crippen molar-refractivity contribution in [3.8, 4) is 0 Å². The maximum atomic E-state index is 12.9. The lowest BCUT2D eigenvalue weighted by Gasteiger charge is -2.20. The predicted molar refractivity (Wildman–Crippen MR) is 104 cm³/mol. The molecule has 26 heavy (non-hydrogen) atoms. The van der Waals surface area contributed by atoms with Gasteiger partial charge in [-0.3, -0.25) is 9.59 Å². The molecule has 1 aromatic carbocycles. The summed E-state index contributed by atoms with van der Waals surface area (Å²) in [7, 11) is 0. The van der Waals surface area contributed by atoms with Crippen LogP contribution in [0.2, 0.25) is 0 Å². The lowest BCUT2D eigenvalue weighted by atomic mass is 10.1. The van der Waals surface area contributed by atoms with Gasteiger partial charge in [-0.1, -0.05) is 6.07 Å². The van der Waals surface area contributed by atoms with Gasteiger partial charge in [-0.05, 0) is 66.9 Å². The van der Waals surface area contributed by atoms with E-state index in [0.29, 0.717) is 22.7 Å². The summed E-state index contributed by atoms with van der Waals surface area (Å²) >= 11 is 1.40. The lowest BCUT2D eigenvalue weighted by molar-refractivity contribution is 0.0768. The minimum atomic E-state index is -0.145. The molecule has 2 aliphatic rings. The van der Waals surface area contributed by atoms with E-state index in [-0.39, 0.29) is 11.8 Å². The van der Waals surface area contributed by atoms with Gasteiger partial charge >= 0.3 is 0 Å². The van der Waals surface area contributed by atoms with Gasteiger partial charge in [0.2, 0.25) is 0 Å². The van der Waals surface area contributed by atoms with Crippen molar-refractivity contribution >= 4 is 28.2 Å². The van der Waals surface area contributed by atoms with Gasteiger partial charge in [0.05, 0.1) is 5.56 Å². The van der Waals surface area contributed by atoms with Crippen molar-refractivity contribution in [3.05, 3.63) is 51.9 Å². The zero-order valence-electron chi connectivity index (χ0n) is 14.7. The number of aryl methyl sites for hydroxylation is 2. The minimum absolute atomic E-state index is 0.000738. The van der Waals surface area contributed by atoms with Gasteiger partial charge in [0, 0.05) is 25.2 Å². The second-order valence-corrected chi connectivity index (χ2v) is 7.77. The fourth-order valence-electron chi connectivity index (χ4n) is 3.68. The SMILES string of the molecule is O=C(Nc1sccc1C(=O)N1CCCNCC1)c1ccc2c(c1)CCC2. The molecule has 0 unspecified atom stereocenters. The Bertz CT molecular complexity index is 822. The molecular weight excluding hydrogens is 346 g/mol. The Morgan fingerprint density at radius 3 is 2.85 bits per heavy atom. The number of anilines is 1. The molecule has 2 N–H and O–H groups in total. The topological polar surface area (TPSA) is 61.4 Å². The third-order valence-corrected chi connectivity index (χ3v) is 5.94. The summed E-state index contributed by atoms with van der Waals surface area (Å²) in [6, 6.07) is 7.74. The molecule has 1 fully saturated rings. The summed E-state index contributed by atoms with van der Waals surface area (Å²) in [4.78, 5) is 27.4. The van der Waals surface area contributed by atoms with Crippen LogP contribution >= 0.6 is 11.3 Å². The first-order valence-electron chi connectivity index (χ1n) is 9.23. The molecule has 2 aromatic rings. The number of fused-ring (bicyclic) bond motifs is 1. The minimum Gasteiger partial charge on any atom is -0.337 e. The van der Waals surface area contributed by atoms with Crippen LogP contribution in [0.4, 0.5) is 5.00 Å². The van der Waals surface area contributed by atoms with Crippen LogP contribution in [0.5, 0.6) is 0 Å². The highest BCUT2D eigenvalue weighted by molar-refractivity contribution is 7.14. The molecular formula is C20H23N3O2S. The first-order chi connectivity index (χ1) is 12.7. The van der Waals surface area contributed by atoms with Crippen molar-refractivity contribution in [1.29, 1.82) is 0 Å². The first kappa shape index (κ1) is 17.2. The Hall–Kier alpha value is -2.18. The Labute approximate surface area is 157 Å². The van der Waals surface area contributed by atoms with Crippen molar-refractivity contribution in [3.63, 3.8) is 0 Å². The number of amides is 2. The third kappa shape index (κ3) is 3.52. The molecule has 1 aliphatic carbocycles. The van der Waals surface area contributed by atoms with E-state index >= 15 is 0 Å². The molecule has 2 heterocycles. The highest BCUT2D eigenvalue weighted by Gasteiger charge is 2.22. The van der Waals surface area contributed by atoms with Crippen LogP contribution in [-0.2, 0) is 12.8 Å². The maximum Gasteiger partial charge on any atom is 0.256 e. The Kier molecular flexibility index (Phi) is 5.04. The van der Waals surface area contributed by atoms with Crippen LogP contribution in [0.1, 0.15) is 44.7 Å².